The van der Waals surface area contributed by atoms with Gasteiger partial charge in [-0.1, -0.05) is 6.07 Å². The standard InChI is InChI=1S/C25H23F3N4O6/c1-30(16-5-6-19-20(12-16)37-14-36-19)23(33)15-3-2-4-17(11-15)32-22(13-21(29-32)25(26,27)28)38-18-7-9-31(10-8-18)24(34)35/h2-6,11-13,18H,7-10,14H2,1H3,(H,34,35). The van der Waals surface area contributed by atoms with E-state index in [1.807, 2.05) is 0 Å². The van der Waals surface area contributed by atoms with E-state index < -0.39 is 30.0 Å². The van der Waals surface area contributed by atoms with E-state index in [1.165, 1.54) is 21.9 Å². The van der Waals surface area contributed by atoms with Crippen molar-refractivity contribution in [3.8, 4) is 23.1 Å². The van der Waals surface area contributed by atoms with Crippen LogP contribution in [-0.4, -0.2) is 64.8 Å². The lowest BCUT2D eigenvalue weighted by atomic mass is 10.1. The number of aromatic nitrogens is 2. The number of carbonyl (C=O) groups excluding carboxylic acids is 1. The number of carbonyl (C=O) groups is 2. The molecule has 2 aliphatic rings. The number of piperidine rings is 1. The van der Waals surface area contributed by atoms with Crippen molar-refractivity contribution in [2.75, 3.05) is 31.8 Å². The number of alkyl halides is 3. The average molecular weight is 532 g/mol. The number of likely N-dealkylation sites (tertiary alicyclic amines) is 1. The second kappa shape index (κ2) is 9.80. The Morgan fingerprint density at radius 3 is 2.53 bits per heavy atom. The Balaban J connectivity index is 1.41. The summed E-state index contributed by atoms with van der Waals surface area (Å²) < 4.78 is 58.1. The van der Waals surface area contributed by atoms with Crippen LogP contribution in [0.3, 0.4) is 0 Å². The first-order valence-corrected chi connectivity index (χ1v) is 11.7. The van der Waals surface area contributed by atoms with Gasteiger partial charge in [0.15, 0.2) is 17.2 Å². The Morgan fingerprint density at radius 2 is 1.82 bits per heavy atom. The zero-order valence-corrected chi connectivity index (χ0v) is 20.1. The molecule has 0 atom stereocenters. The Morgan fingerprint density at radius 1 is 1.08 bits per heavy atom. The van der Waals surface area contributed by atoms with Crippen molar-refractivity contribution in [1.29, 1.82) is 0 Å². The van der Waals surface area contributed by atoms with Gasteiger partial charge in [0.25, 0.3) is 5.91 Å². The zero-order valence-electron chi connectivity index (χ0n) is 20.1. The van der Waals surface area contributed by atoms with Crippen LogP contribution in [0, 0.1) is 0 Å². The molecule has 0 aliphatic carbocycles. The van der Waals surface area contributed by atoms with Crippen molar-refractivity contribution >= 4 is 17.7 Å². The van der Waals surface area contributed by atoms with Crippen molar-refractivity contribution in [2.24, 2.45) is 0 Å². The molecule has 5 rings (SSSR count). The summed E-state index contributed by atoms with van der Waals surface area (Å²) >= 11 is 0. The summed E-state index contributed by atoms with van der Waals surface area (Å²) in [5.74, 6) is 0.511. The van der Waals surface area contributed by atoms with Gasteiger partial charge in [-0.05, 0) is 30.3 Å². The molecular formula is C25H23F3N4O6. The number of hydrogen-bond acceptors (Lipinski definition) is 6. The molecule has 13 heteroatoms. The van der Waals surface area contributed by atoms with Crippen LogP contribution in [0.1, 0.15) is 28.9 Å². The van der Waals surface area contributed by atoms with Crippen molar-refractivity contribution in [1.82, 2.24) is 14.7 Å². The van der Waals surface area contributed by atoms with Crippen molar-refractivity contribution in [2.45, 2.75) is 25.1 Å². The Kier molecular flexibility index (Phi) is 6.51. The number of amides is 2. The molecule has 10 nitrogen and oxygen atoms in total. The number of fused-ring (bicyclic) bond motifs is 1. The fourth-order valence-electron chi connectivity index (χ4n) is 4.28. The van der Waals surface area contributed by atoms with Gasteiger partial charge in [-0.15, -0.1) is 0 Å². The van der Waals surface area contributed by atoms with Crippen LogP contribution in [0.25, 0.3) is 5.69 Å². The van der Waals surface area contributed by atoms with E-state index >= 15 is 0 Å². The zero-order chi connectivity index (χ0) is 27.0. The van der Waals surface area contributed by atoms with Crippen molar-refractivity contribution in [3.63, 3.8) is 0 Å². The quantitative estimate of drug-likeness (QED) is 0.519. The highest BCUT2D eigenvalue weighted by Gasteiger charge is 2.36. The second-order valence-corrected chi connectivity index (χ2v) is 8.82. The SMILES string of the molecule is CN(C(=O)c1cccc(-n2nc(C(F)(F)F)cc2OC2CCN(C(=O)O)CC2)c1)c1ccc2c(c1)OCO2. The maximum Gasteiger partial charge on any atom is 0.435 e. The lowest BCUT2D eigenvalue weighted by Gasteiger charge is -2.30. The molecule has 0 radical (unpaired) electrons. The van der Waals surface area contributed by atoms with E-state index in [0.29, 0.717) is 30.0 Å². The van der Waals surface area contributed by atoms with Gasteiger partial charge >= 0.3 is 12.3 Å². The fraction of sp³-hybridized carbons (Fsp3) is 0.320. The maximum atomic E-state index is 13.5. The monoisotopic (exact) mass is 532 g/mol. The van der Waals surface area contributed by atoms with E-state index in [-0.39, 0.29) is 37.0 Å². The molecule has 3 heterocycles. The third-order valence-electron chi connectivity index (χ3n) is 6.35. The molecule has 0 bridgehead atoms. The smallest absolute Gasteiger partial charge is 0.435 e. The van der Waals surface area contributed by atoms with Gasteiger partial charge in [-0.2, -0.15) is 18.3 Å². The van der Waals surface area contributed by atoms with Crippen LogP contribution >= 0.6 is 0 Å². The molecule has 0 spiro atoms. The summed E-state index contributed by atoms with van der Waals surface area (Å²) in [6, 6.07) is 11.9. The molecular weight excluding hydrogens is 509 g/mol. The Labute approximate surface area is 214 Å². The minimum Gasteiger partial charge on any atom is -0.474 e. The number of halogens is 3. The predicted molar refractivity (Wildman–Crippen MR) is 127 cm³/mol. The topological polar surface area (TPSA) is 106 Å². The van der Waals surface area contributed by atoms with Gasteiger partial charge in [0.05, 0.1) is 5.69 Å². The largest absolute Gasteiger partial charge is 0.474 e. The summed E-state index contributed by atoms with van der Waals surface area (Å²) in [6.45, 7) is 0.498. The van der Waals surface area contributed by atoms with Crippen LogP contribution in [0.2, 0.25) is 0 Å². The molecule has 0 saturated carbocycles. The van der Waals surface area contributed by atoms with Gasteiger partial charge in [0, 0.05) is 56.4 Å². The third kappa shape index (κ3) is 5.04. The van der Waals surface area contributed by atoms with Gasteiger partial charge in [-0.25, -0.2) is 9.48 Å². The van der Waals surface area contributed by atoms with E-state index in [0.717, 1.165) is 10.7 Å². The third-order valence-corrected chi connectivity index (χ3v) is 6.35. The van der Waals surface area contributed by atoms with Crippen molar-refractivity contribution < 1.29 is 42.1 Å². The Hall–Kier alpha value is -4.42. The predicted octanol–water partition coefficient (Wildman–Crippen LogP) is 4.42. The average Bonchev–Trinajstić information content (AvgIpc) is 3.55. The van der Waals surface area contributed by atoms with Crippen LogP contribution in [0.4, 0.5) is 23.7 Å². The molecule has 2 aromatic carbocycles. The van der Waals surface area contributed by atoms with E-state index in [2.05, 4.69) is 5.10 Å². The van der Waals surface area contributed by atoms with E-state index in [1.54, 1.807) is 37.4 Å². The molecule has 200 valence electrons. The number of ether oxygens (including phenoxy) is 3. The summed E-state index contributed by atoms with van der Waals surface area (Å²) in [5.41, 5.74) is -0.194. The Bertz CT molecular complexity index is 1370. The van der Waals surface area contributed by atoms with Gasteiger partial charge in [0.2, 0.25) is 12.7 Å². The van der Waals surface area contributed by atoms with Crippen LogP contribution in [0.5, 0.6) is 17.4 Å². The normalized spacial score (nSPS) is 15.4. The molecule has 1 N–H and O–H groups in total. The summed E-state index contributed by atoms with van der Waals surface area (Å²) in [5, 5.41) is 12.8. The van der Waals surface area contributed by atoms with Gasteiger partial charge in [-0.3, -0.25) is 4.79 Å². The minimum atomic E-state index is -4.72. The molecule has 2 amide bonds. The molecule has 38 heavy (non-hydrogen) atoms. The first-order chi connectivity index (χ1) is 18.1. The number of benzene rings is 2. The molecule has 1 saturated heterocycles. The lowest BCUT2D eigenvalue weighted by Crippen LogP contribution is -2.41. The first-order valence-electron chi connectivity index (χ1n) is 11.7. The highest BCUT2D eigenvalue weighted by Crippen LogP contribution is 2.36. The number of rotatable bonds is 5. The number of hydrogen-bond donors (Lipinski definition) is 1. The van der Waals surface area contributed by atoms with Crippen molar-refractivity contribution in [3.05, 3.63) is 59.8 Å². The van der Waals surface area contributed by atoms with Gasteiger partial charge in [0.1, 0.15) is 6.10 Å². The lowest BCUT2D eigenvalue weighted by molar-refractivity contribution is -0.141. The van der Waals surface area contributed by atoms with E-state index in [9.17, 15) is 22.8 Å². The second-order valence-electron chi connectivity index (χ2n) is 8.82. The highest BCUT2D eigenvalue weighted by atomic mass is 19.4. The summed E-state index contributed by atoms with van der Waals surface area (Å²) in [6.07, 6.45) is -5.64. The summed E-state index contributed by atoms with van der Waals surface area (Å²) in [4.78, 5) is 27.0. The fourth-order valence-corrected chi connectivity index (χ4v) is 4.28. The van der Waals surface area contributed by atoms with E-state index in [4.69, 9.17) is 19.3 Å². The molecule has 3 aromatic rings. The number of carboxylic acid groups (broad SMARTS) is 1. The maximum absolute atomic E-state index is 13.5. The van der Waals surface area contributed by atoms with Crippen LogP contribution in [-0.2, 0) is 6.18 Å². The molecule has 2 aliphatic heterocycles. The molecule has 1 aromatic heterocycles. The minimum absolute atomic E-state index is 0.0886. The highest BCUT2D eigenvalue weighted by molar-refractivity contribution is 6.06. The molecule has 0 unspecified atom stereocenters. The van der Waals surface area contributed by atoms with Gasteiger partial charge < -0.3 is 29.1 Å². The summed E-state index contributed by atoms with van der Waals surface area (Å²) in [7, 11) is 1.57. The first kappa shape index (κ1) is 25.2. The van der Waals surface area contributed by atoms with Crippen LogP contribution < -0.4 is 19.1 Å². The van der Waals surface area contributed by atoms with Crippen LogP contribution in [0.15, 0.2) is 48.5 Å². The number of nitrogens with zero attached hydrogens (tertiary/aromatic N) is 4. The number of anilines is 1. The molecule has 1 fully saturated rings.